The van der Waals surface area contributed by atoms with E-state index in [1.54, 1.807) is 12.5 Å². The molecule has 0 bridgehead atoms. The molecule has 1 heterocycles. The van der Waals surface area contributed by atoms with Gasteiger partial charge in [0.25, 0.3) is 0 Å². The summed E-state index contributed by atoms with van der Waals surface area (Å²) in [5.74, 6) is 0. The second kappa shape index (κ2) is 3.28. The highest BCUT2D eigenvalue weighted by molar-refractivity contribution is 7.80. The third-order valence-corrected chi connectivity index (χ3v) is 1.24. The van der Waals surface area contributed by atoms with Crippen molar-refractivity contribution in [2.24, 2.45) is 0 Å². The van der Waals surface area contributed by atoms with Gasteiger partial charge in [0, 0.05) is 0 Å². The molecule has 0 aliphatic heterocycles. The molecule has 0 saturated heterocycles. The van der Waals surface area contributed by atoms with Gasteiger partial charge in [-0.2, -0.15) is 0 Å². The summed E-state index contributed by atoms with van der Waals surface area (Å²) in [6.07, 6.45) is 3.17. The maximum absolute atomic E-state index is 4.87. The Hall–Kier alpha value is -0.940. The van der Waals surface area contributed by atoms with Crippen LogP contribution in [0.25, 0.3) is 0 Å². The summed E-state index contributed by atoms with van der Waals surface area (Å²) in [6.45, 7) is 0. The van der Waals surface area contributed by atoms with E-state index in [2.05, 4.69) is 20.3 Å². The molecule has 0 spiro atoms. The van der Waals surface area contributed by atoms with E-state index in [1.807, 2.05) is 0 Å². The number of nitrogens with zero attached hydrogens (tertiary/aromatic N) is 1. The molecule has 0 atom stereocenters. The van der Waals surface area contributed by atoms with Crippen molar-refractivity contribution in [2.45, 2.75) is 0 Å². The Morgan fingerprint density at radius 1 is 1.90 bits per heavy atom. The van der Waals surface area contributed by atoms with E-state index in [-0.39, 0.29) is 0 Å². The number of rotatable bonds is 2. The van der Waals surface area contributed by atoms with Crippen LogP contribution >= 0.6 is 12.2 Å². The molecule has 0 aliphatic rings. The quantitative estimate of drug-likeness (QED) is 0.477. The minimum absolute atomic E-state index is 0.500. The van der Waals surface area contributed by atoms with Gasteiger partial charge in [-0.25, -0.2) is 4.98 Å². The number of imidazole rings is 1. The predicted molar refractivity (Wildman–Crippen MR) is 40.4 cm³/mol. The van der Waals surface area contributed by atoms with Crippen LogP contribution in [0.4, 0.5) is 0 Å². The van der Waals surface area contributed by atoms with Gasteiger partial charge in [-0.15, -0.1) is 0 Å². The lowest BCUT2D eigenvalue weighted by atomic mass is 10.5. The lowest BCUT2D eigenvalue weighted by Gasteiger charge is -1.99. The molecule has 0 saturated carbocycles. The number of hydroxylamine groups is 1. The van der Waals surface area contributed by atoms with Gasteiger partial charge < -0.3 is 4.98 Å². The minimum Gasteiger partial charge on any atom is -0.343 e. The monoisotopic (exact) mass is 157 g/mol. The first-order valence-electron chi connectivity index (χ1n) is 2.66. The molecule has 1 aromatic rings. The van der Waals surface area contributed by atoms with Crippen LogP contribution in [-0.4, -0.2) is 22.1 Å². The molecule has 1 aromatic heterocycles. The maximum atomic E-state index is 4.87. The fourth-order valence-electron chi connectivity index (χ4n) is 0.528. The van der Waals surface area contributed by atoms with E-state index in [1.165, 1.54) is 7.11 Å². The Labute approximate surface area is 63.6 Å². The van der Waals surface area contributed by atoms with Gasteiger partial charge in [-0.05, 0) is 0 Å². The van der Waals surface area contributed by atoms with E-state index >= 15 is 0 Å². The molecular formula is C5H7N3OS. The number of nitrogens with one attached hydrogen (secondary N) is 2. The topological polar surface area (TPSA) is 49.9 Å². The zero-order valence-corrected chi connectivity index (χ0v) is 6.23. The van der Waals surface area contributed by atoms with Crippen molar-refractivity contribution in [2.75, 3.05) is 7.11 Å². The van der Waals surface area contributed by atoms with Crippen LogP contribution in [0.1, 0.15) is 5.69 Å². The molecule has 5 heteroatoms. The number of thiocarbonyl (C=S) groups is 1. The van der Waals surface area contributed by atoms with Crippen LogP contribution in [-0.2, 0) is 4.84 Å². The Morgan fingerprint density at radius 2 is 2.70 bits per heavy atom. The van der Waals surface area contributed by atoms with Crippen LogP contribution < -0.4 is 5.48 Å². The number of aromatic amines is 1. The molecule has 0 aliphatic carbocycles. The Bertz CT molecular complexity index is 209. The van der Waals surface area contributed by atoms with Gasteiger partial charge in [0.2, 0.25) is 0 Å². The molecule has 10 heavy (non-hydrogen) atoms. The summed E-state index contributed by atoms with van der Waals surface area (Å²) in [5, 5.41) is 0. The van der Waals surface area contributed by atoms with Crippen LogP contribution in [0.15, 0.2) is 12.5 Å². The minimum atomic E-state index is 0.500. The van der Waals surface area contributed by atoms with Crippen LogP contribution in [0.2, 0.25) is 0 Å². The third-order valence-electron chi connectivity index (χ3n) is 0.938. The number of H-pyrrole nitrogens is 1. The van der Waals surface area contributed by atoms with Crippen molar-refractivity contribution in [1.82, 2.24) is 15.4 Å². The molecule has 1 rings (SSSR count). The SMILES string of the molecule is CONC(=S)c1cnc[nH]1. The first-order valence-corrected chi connectivity index (χ1v) is 3.07. The summed E-state index contributed by atoms with van der Waals surface area (Å²) >= 11 is 4.87. The Balaban J connectivity index is 2.59. The maximum Gasteiger partial charge on any atom is 0.148 e. The van der Waals surface area contributed by atoms with Gasteiger partial charge in [0.05, 0.1) is 25.3 Å². The molecule has 0 radical (unpaired) electrons. The summed E-state index contributed by atoms with van der Waals surface area (Å²) in [5.41, 5.74) is 3.26. The molecule has 54 valence electrons. The summed E-state index contributed by atoms with van der Waals surface area (Å²) in [7, 11) is 1.50. The molecule has 0 amide bonds. The van der Waals surface area contributed by atoms with Crippen LogP contribution in [0, 0.1) is 0 Å². The summed E-state index contributed by atoms with van der Waals surface area (Å²) in [4.78, 5) is 11.7. The standard InChI is InChI=1S/C5H7N3OS/c1-9-8-5(10)4-2-6-3-7-4/h2-3H,1H3,(H,6,7)(H,8,10). The van der Waals surface area contributed by atoms with Gasteiger partial charge >= 0.3 is 0 Å². The average Bonchev–Trinajstić information content (AvgIpc) is 2.38. The summed E-state index contributed by atoms with van der Waals surface area (Å²) in [6, 6.07) is 0. The number of hydrogen-bond donors (Lipinski definition) is 2. The van der Waals surface area contributed by atoms with Crippen molar-refractivity contribution in [3.8, 4) is 0 Å². The molecule has 2 N–H and O–H groups in total. The predicted octanol–water partition coefficient (Wildman–Crippen LogP) is 0.236. The van der Waals surface area contributed by atoms with Crippen molar-refractivity contribution in [3.63, 3.8) is 0 Å². The van der Waals surface area contributed by atoms with Crippen molar-refractivity contribution in [3.05, 3.63) is 18.2 Å². The first-order chi connectivity index (χ1) is 4.84. The molecule has 0 unspecified atom stereocenters. The summed E-state index contributed by atoms with van der Waals surface area (Å²) < 4.78 is 0. The first kappa shape index (κ1) is 7.17. The van der Waals surface area contributed by atoms with Gasteiger partial charge in [-0.1, -0.05) is 12.2 Å². The zero-order valence-electron chi connectivity index (χ0n) is 5.42. The van der Waals surface area contributed by atoms with E-state index in [9.17, 15) is 0 Å². The number of hydrogen-bond acceptors (Lipinski definition) is 3. The highest BCUT2D eigenvalue weighted by atomic mass is 32.1. The lowest BCUT2D eigenvalue weighted by Crippen LogP contribution is -2.20. The second-order valence-corrected chi connectivity index (χ2v) is 2.01. The van der Waals surface area contributed by atoms with Crippen molar-refractivity contribution >= 4 is 17.2 Å². The molecule has 4 nitrogen and oxygen atoms in total. The van der Waals surface area contributed by atoms with Crippen molar-refractivity contribution < 1.29 is 4.84 Å². The largest absolute Gasteiger partial charge is 0.343 e. The fraction of sp³-hybridized carbons (Fsp3) is 0.200. The van der Waals surface area contributed by atoms with Crippen LogP contribution in [0.5, 0.6) is 0 Å². The smallest absolute Gasteiger partial charge is 0.148 e. The van der Waals surface area contributed by atoms with Gasteiger partial charge in [-0.3, -0.25) is 10.3 Å². The molecule has 0 aromatic carbocycles. The lowest BCUT2D eigenvalue weighted by molar-refractivity contribution is 0.147. The van der Waals surface area contributed by atoms with Crippen molar-refractivity contribution in [1.29, 1.82) is 0 Å². The fourth-order valence-corrected chi connectivity index (χ4v) is 0.723. The van der Waals surface area contributed by atoms with E-state index in [0.29, 0.717) is 4.99 Å². The van der Waals surface area contributed by atoms with E-state index in [4.69, 9.17) is 12.2 Å². The third kappa shape index (κ3) is 1.52. The van der Waals surface area contributed by atoms with E-state index < -0.39 is 0 Å². The highest BCUT2D eigenvalue weighted by Gasteiger charge is 1.98. The Morgan fingerprint density at radius 3 is 3.20 bits per heavy atom. The van der Waals surface area contributed by atoms with E-state index in [0.717, 1.165) is 5.69 Å². The normalized spacial score (nSPS) is 9.30. The highest BCUT2D eigenvalue weighted by Crippen LogP contribution is 1.90. The average molecular weight is 157 g/mol. The number of aromatic nitrogens is 2. The van der Waals surface area contributed by atoms with Gasteiger partial charge in [0.1, 0.15) is 4.99 Å². The molecule has 0 fully saturated rings. The second-order valence-electron chi connectivity index (χ2n) is 1.60. The molecular weight excluding hydrogens is 150 g/mol. The Kier molecular flexibility index (Phi) is 2.35. The van der Waals surface area contributed by atoms with Crippen LogP contribution in [0.3, 0.4) is 0 Å². The van der Waals surface area contributed by atoms with Gasteiger partial charge in [0.15, 0.2) is 0 Å². The zero-order chi connectivity index (χ0) is 7.40.